The Morgan fingerprint density at radius 1 is 1.53 bits per heavy atom. The minimum atomic E-state index is -2.75. The zero-order valence-corrected chi connectivity index (χ0v) is 9.92. The van der Waals surface area contributed by atoms with E-state index >= 15 is 0 Å². The van der Waals surface area contributed by atoms with Crippen LogP contribution in [-0.4, -0.2) is 55.6 Å². The molecule has 0 aliphatic carbocycles. The lowest BCUT2D eigenvalue weighted by molar-refractivity contribution is -0.137. The van der Waals surface area contributed by atoms with E-state index in [1.807, 2.05) is 0 Å². The predicted molar refractivity (Wildman–Crippen MR) is 58.0 cm³/mol. The summed E-state index contributed by atoms with van der Waals surface area (Å²) in [5.74, 6) is -2.97. The first-order valence-corrected chi connectivity index (χ1v) is 5.94. The highest BCUT2D eigenvalue weighted by Crippen LogP contribution is 2.26. The van der Waals surface area contributed by atoms with E-state index in [9.17, 15) is 13.6 Å². The Kier molecular flexibility index (Phi) is 3.63. The third kappa shape index (κ3) is 2.93. The molecule has 2 aliphatic heterocycles. The molecule has 2 heterocycles. The van der Waals surface area contributed by atoms with Gasteiger partial charge in [0, 0.05) is 26.6 Å². The van der Waals surface area contributed by atoms with E-state index in [1.165, 1.54) is 0 Å². The molecule has 4 nitrogen and oxygen atoms in total. The van der Waals surface area contributed by atoms with Crippen molar-refractivity contribution in [3.05, 3.63) is 0 Å². The van der Waals surface area contributed by atoms with Gasteiger partial charge in [-0.15, -0.1) is 0 Å². The van der Waals surface area contributed by atoms with Crippen LogP contribution in [0.4, 0.5) is 8.78 Å². The number of methoxy groups -OCH3 is 1. The van der Waals surface area contributed by atoms with Crippen LogP contribution in [0, 0.1) is 0 Å². The van der Waals surface area contributed by atoms with Crippen molar-refractivity contribution in [2.45, 2.75) is 37.3 Å². The Labute approximate surface area is 99.3 Å². The molecule has 17 heavy (non-hydrogen) atoms. The van der Waals surface area contributed by atoms with E-state index in [1.54, 1.807) is 12.0 Å². The van der Waals surface area contributed by atoms with Gasteiger partial charge < -0.3 is 9.64 Å². The first-order chi connectivity index (χ1) is 8.02. The first-order valence-electron chi connectivity index (χ1n) is 5.94. The average Bonchev–Trinajstić information content (AvgIpc) is 2.69. The van der Waals surface area contributed by atoms with Gasteiger partial charge in [-0.1, -0.05) is 0 Å². The smallest absolute Gasteiger partial charge is 0.262 e. The SMILES string of the molecule is COC1CCCN(C(=O)C2CC(F)(F)CN2)C1. The Morgan fingerprint density at radius 3 is 2.88 bits per heavy atom. The van der Waals surface area contributed by atoms with E-state index in [0.29, 0.717) is 13.1 Å². The number of hydrogen-bond donors (Lipinski definition) is 1. The van der Waals surface area contributed by atoms with Gasteiger partial charge in [-0.2, -0.15) is 0 Å². The molecule has 2 rings (SSSR count). The van der Waals surface area contributed by atoms with Crippen molar-refractivity contribution in [3.63, 3.8) is 0 Å². The average molecular weight is 248 g/mol. The monoisotopic (exact) mass is 248 g/mol. The zero-order chi connectivity index (χ0) is 12.5. The topological polar surface area (TPSA) is 41.6 Å². The number of carbonyl (C=O) groups excluding carboxylic acids is 1. The Morgan fingerprint density at radius 2 is 2.29 bits per heavy atom. The van der Waals surface area contributed by atoms with Crippen molar-refractivity contribution in [1.82, 2.24) is 10.2 Å². The Balaban J connectivity index is 1.91. The van der Waals surface area contributed by atoms with Gasteiger partial charge in [-0.3, -0.25) is 10.1 Å². The quantitative estimate of drug-likeness (QED) is 0.779. The lowest BCUT2D eigenvalue weighted by Gasteiger charge is -2.33. The fourth-order valence-electron chi connectivity index (χ4n) is 2.44. The maximum Gasteiger partial charge on any atom is 0.262 e. The fourth-order valence-corrected chi connectivity index (χ4v) is 2.44. The largest absolute Gasteiger partial charge is 0.380 e. The number of nitrogens with one attached hydrogen (secondary N) is 1. The summed E-state index contributed by atoms with van der Waals surface area (Å²) in [7, 11) is 1.61. The van der Waals surface area contributed by atoms with Gasteiger partial charge in [0.15, 0.2) is 0 Å². The van der Waals surface area contributed by atoms with E-state index in [4.69, 9.17) is 4.74 Å². The molecule has 2 aliphatic rings. The molecule has 1 N–H and O–H groups in total. The summed E-state index contributed by atoms with van der Waals surface area (Å²) in [4.78, 5) is 13.7. The summed E-state index contributed by atoms with van der Waals surface area (Å²) in [5.41, 5.74) is 0. The Hall–Kier alpha value is -0.750. The van der Waals surface area contributed by atoms with Crippen molar-refractivity contribution in [1.29, 1.82) is 0 Å². The third-order valence-electron chi connectivity index (χ3n) is 3.43. The number of halogens is 2. The van der Waals surface area contributed by atoms with Crippen LogP contribution in [0.15, 0.2) is 0 Å². The number of nitrogens with zero attached hydrogens (tertiary/aromatic N) is 1. The molecule has 0 aromatic rings. The molecule has 2 atom stereocenters. The van der Waals surface area contributed by atoms with Gasteiger partial charge in [-0.05, 0) is 12.8 Å². The zero-order valence-electron chi connectivity index (χ0n) is 9.92. The number of amides is 1. The van der Waals surface area contributed by atoms with Crippen LogP contribution < -0.4 is 5.32 Å². The van der Waals surface area contributed by atoms with E-state index in [0.717, 1.165) is 12.8 Å². The van der Waals surface area contributed by atoms with Crippen LogP contribution >= 0.6 is 0 Å². The van der Waals surface area contributed by atoms with Crippen LogP contribution in [0.2, 0.25) is 0 Å². The first kappa shape index (κ1) is 12.7. The molecule has 98 valence electrons. The van der Waals surface area contributed by atoms with Crippen LogP contribution in [0.1, 0.15) is 19.3 Å². The third-order valence-corrected chi connectivity index (χ3v) is 3.43. The number of ether oxygens (including phenoxy) is 1. The molecule has 2 saturated heterocycles. The normalized spacial score (nSPS) is 32.8. The number of piperidine rings is 1. The van der Waals surface area contributed by atoms with Crippen molar-refractivity contribution in [2.75, 3.05) is 26.7 Å². The molecule has 0 aromatic heterocycles. The highest BCUT2D eigenvalue weighted by molar-refractivity contribution is 5.82. The van der Waals surface area contributed by atoms with Gasteiger partial charge in [0.05, 0.1) is 18.7 Å². The minimum absolute atomic E-state index is 0.0367. The van der Waals surface area contributed by atoms with Crippen molar-refractivity contribution in [2.24, 2.45) is 0 Å². The molecule has 0 aromatic carbocycles. The number of alkyl halides is 2. The Bertz CT molecular complexity index is 299. The molecule has 6 heteroatoms. The van der Waals surface area contributed by atoms with E-state index in [2.05, 4.69) is 5.32 Å². The van der Waals surface area contributed by atoms with Crippen molar-refractivity contribution < 1.29 is 18.3 Å². The van der Waals surface area contributed by atoms with E-state index in [-0.39, 0.29) is 18.4 Å². The number of hydrogen-bond acceptors (Lipinski definition) is 3. The molecule has 0 bridgehead atoms. The second kappa shape index (κ2) is 4.86. The van der Waals surface area contributed by atoms with Crippen molar-refractivity contribution >= 4 is 5.91 Å². The second-order valence-electron chi connectivity index (χ2n) is 4.78. The fraction of sp³-hybridized carbons (Fsp3) is 0.909. The van der Waals surface area contributed by atoms with Gasteiger partial charge in [0.2, 0.25) is 5.91 Å². The highest BCUT2D eigenvalue weighted by Gasteiger charge is 2.43. The number of likely N-dealkylation sites (tertiary alicyclic amines) is 1. The summed E-state index contributed by atoms with van der Waals surface area (Å²) in [6.45, 7) is 0.756. The maximum absolute atomic E-state index is 13.0. The molecule has 2 unspecified atom stereocenters. The van der Waals surface area contributed by atoms with Crippen LogP contribution in [-0.2, 0) is 9.53 Å². The van der Waals surface area contributed by atoms with Gasteiger partial charge >= 0.3 is 0 Å². The molecule has 0 radical (unpaired) electrons. The molecule has 1 amide bonds. The number of carbonyl (C=O) groups is 1. The summed E-state index contributed by atoms with van der Waals surface area (Å²) in [5, 5.41) is 2.59. The van der Waals surface area contributed by atoms with Crippen LogP contribution in [0.3, 0.4) is 0 Å². The van der Waals surface area contributed by atoms with Gasteiger partial charge in [0.25, 0.3) is 5.92 Å². The van der Waals surface area contributed by atoms with Crippen molar-refractivity contribution in [3.8, 4) is 0 Å². The standard InChI is InChI=1S/C11H18F2N2O2/c1-17-8-3-2-4-15(6-8)10(16)9-5-11(12,13)7-14-9/h8-9,14H,2-7H2,1H3. The van der Waals surface area contributed by atoms with Gasteiger partial charge in [0.1, 0.15) is 0 Å². The molecule has 0 spiro atoms. The van der Waals surface area contributed by atoms with E-state index < -0.39 is 18.5 Å². The lowest BCUT2D eigenvalue weighted by atomic mass is 10.1. The predicted octanol–water partition coefficient (Wildman–Crippen LogP) is 0.621. The second-order valence-corrected chi connectivity index (χ2v) is 4.78. The summed E-state index contributed by atoms with van der Waals surface area (Å²) >= 11 is 0. The lowest BCUT2D eigenvalue weighted by Crippen LogP contribution is -2.49. The molecule has 0 saturated carbocycles. The summed E-state index contributed by atoms with van der Waals surface area (Å²) in [6, 6.07) is -0.736. The van der Waals surface area contributed by atoms with Crippen LogP contribution in [0.25, 0.3) is 0 Å². The van der Waals surface area contributed by atoms with Gasteiger partial charge in [-0.25, -0.2) is 8.78 Å². The highest BCUT2D eigenvalue weighted by atomic mass is 19.3. The summed E-state index contributed by atoms with van der Waals surface area (Å²) in [6.07, 6.45) is 1.44. The minimum Gasteiger partial charge on any atom is -0.380 e. The molecule has 2 fully saturated rings. The summed E-state index contributed by atoms with van der Waals surface area (Å²) < 4.78 is 31.2. The maximum atomic E-state index is 13.0. The number of rotatable bonds is 2. The van der Waals surface area contributed by atoms with Crippen LogP contribution in [0.5, 0.6) is 0 Å². The molecular weight excluding hydrogens is 230 g/mol. The molecular formula is C11H18F2N2O2.